The molecule has 1 aromatic carbocycles. The number of para-hydroxylation sites is 2. The van der Waals surface area contributed by atoms with Gasteiger partial charge in [-0.3, -0.25) is 4.79 Å². The maximum atomic E-state index is 12.2. The largest absolute Gasteiger partial charge is 0.397 e. The molecular formula is C16H23ClN2O. The highest BCUT2D eigenvalue weighted by Gasteiger charge is 2.47. The van der Waals surface area contributed by atoms with Gasteiger partial charge in [0.1, 0.15) is 0 Å². The van der Waals surface area contributed by atoms with Crippen molar-refractivity contribution in [1.29, 1.82) is 0 Å². The minimum absolute atomic E-state index is 0. The van der Waals surface area contributed by atoms with Gasteiger partial charge in [-0.15, -0.1) is 12.4 Å². The topological polar surface area (TPSA) is 55.1 Å². The zero-order chi connectivity index (χ0) is 13.2. The lowest BCUT2D eigenvalue weighted by molar-refractivity contribution is -0.117. The first-order valence-electron chi connectivity index (χ1n) is 7.41. The SMILES string of the molecule is Cl.Nc1ccccc1NC(=O)C1CC1C1CCCCC1. The molecule has 110 valence electrons. The molecule has 3 rings (SSSR count). The molecule has 0 aliphatic heterocycles. The molecule has 2 unspecified atom stereocenters. The summed E-state index contributed by atoms with van der Waals surface area (Å²) in [4.78, 5) is 12.2. The first-order chi connectivity index (χ1) is 9.25. The van der Waals surface area contributed by atoms with Gasteiger partial charge in [0.25, 0.3) is 0 Å². The van der Waals surface area contributed by atoms with E-state index >= 15 is 0 Å². The van der Waals surface area contributed by atoms with E-state index < -0.39 is 0 Å². The molecule has 0 heterocycles. The molecule has 2 aliphatic rings. The number of halogens is 1. The second kappa shape index (κ2) is 6.49. The molecule has 0 radical (unpaired) electrons. The number of nitrogen functional groups attached to an aromatic ring is 1. The average molecular weight is 295 g/mol. The zero-order valence-electron chi connectivity index (χ0n) is 11.7. The Morgan fingerprint density at radius 3 is 2.55 bits per heavy atom. The van der Waals surface area contributed by atoms with Crippen LogP contribution in [0.2, 0.25) is 0 Å². The Bertz CT molecular complexity index is 471. The van der Waals surface area contributed by atoms with Crippen molar-refractivity contribution < 1.29 is 4.79 Å². The number of nitrogens with two attached hydrogens (primary N) is 1. The number of amides is 1. The summed E-state index contributed by atoms with van der Waals surface area (Å²) in [5, 5.41) is 2.98. The van der Waals surface area contributed by atoms with Gasteiger partial charge >= 0.3 is 0 Å². The molecule has 2 atom stereocenters. The fraction of sp³-hybridized carbons (Fsp3) is 0.562. The first-order valence-corrected chi connectivity index (χ1v) is 7.41. The fourth-order valence-corrected chi connectivity index (χ4v) is 3.44. The van der Waals surface area contributed by atoms with Gasteiger partial charge in [0.2, 0.25) is 5.91 Å². The zero-order valence-corrected chi connectivity index (χ0v) is 12.5. The predicted octanol–water partition coefficient (Wildman–Crippen LogP) is 3.85. The minimum atomic E-state index is 0. The van der Waals surface area contributed by atoms with Crippen molar-refractivity contribution in [1.82, 2.24) is 0 Å². The molecule has 0 bridgehead atoms. The molecule has 2 saturated carbocycles. The summed E-state index contributed by atoms with van der Waals surface area (Å²) in [6, 6.07) is 7.47. The summed E-state index contributed by atoms with van der Waals surface area (Å²) >= 11 is 0. The molecule has 2 aliphatic carbocycles. The Morgan fingerprint density at radius 2 is 1.85 bits per heavy atom. The third-order valence-corrected chi connectivity index (χ3v) is 4.65. The summed E-state index contributed by atoms with van der Waals surface area (Å²) in [7, 11) is 0. The number of hydrogen-bond donors (Lipinski definition) is 2. The van der Waals surface area contributed by atoms with Crippen molar-refractivity contribution in [3.8, 4) is 0 Å². The summed E-state index contributed by atoms with van der Waals surface area (Å²) in [5.74, 6) is 1.80. The van der Waals surface area contributed by atoms with E-state index in [4.69, 9.17) is 5.73 Å². The normalized spacial score (nSPS) is 25.6. The lowest BCUT2D eigenvalue weighted by atomic mass is 9.85. The van der Waals surface area contributed by atoms with E-state index in [1.165, 1.54) is 32.1 Å². The highest BCUT2D eigenvalue weighted by molar-refractivity contribution is 5.96. The second-order valence-electron chi connectivity index (χ2n) is 5.98. The number of benzene rings is 1. The van der Waals surface area contributed by atoms with E-state index in [2.05, 4.69) is 5.32 Å². The molecule has 20 heavy (non-hydrogen) atoms. The maximum Gasteiger partial charge on any atom is 0.227 e. The Labute approximate surface area is 126 Å². The summed E-state index contributed by atoms with van der Waals surface area (Å²) in [6.07, 6.45) is 7.79. The average Bonchev–Trinajstić information content (AvgIpc) is 3.23. The summed E-state index contributed by atoms with van der Waals surface area (Å²) < 4.78 is 0. The van der Waals surface area contributed by atoms with Crippen LogP contribution in [0.15, 0.2) is 24.3 Å². The summed E-state index contributed by atoms with van der Waals surface area (Å²) in [5.41, 5.74) is 7.25. The predicted molar refractivity (Wildman–Crippen MR) is 84.9 cm³/mol. The number of carbonyl (C=O) groups excluding carboxylic acids is 1. The van der Waals surface area contributed by atoms with Crippen molar-refractivity contribution in [3.05, 3.63) is 24.3 Å². The van der Waals surface area contributed by atoms with Gasteiger partial charge in [-0.2, -0.15) is 0 Å². The number of nitrogens with one attached hydrogen (secondary N) is 1. The number of hydrogen-bond acceptors (Lipinski definition) is 2. The van der Waals surface area contributed by atoms with Crippen LogP contribution in [0.3, 0.4) is 0 Å². The Balaban J connectivity index is 0.00000147. The second-order valence-corrected chi connectivity index (χ2v) is 5.98. The number of rotatable bonds is 3. The van der Waals surface area contributed by atoms with Crippen molar-refractivity contribution in [2.75, 3.05) is 11.1 Å². The number of carbonyl (C=O) groups is 1. The monoisotopic (exact) mass is 294 g/mol. The van der Waals surface area contributed by atoms with Gasteiger partial charge in [0, 0.05) is 5.92 Å². The Morgan fingerprint density at radius 1 is 1.15 bits per heavy atom. The molecule has 1 aromatic rings. The van der Waals surface area contributed by atoms with Gasteiger partial charge < -0.3 is 11.1 Å². The van der Waals surface area contributed by atoms with E-state index in [-0.39, 0.29) is 24.2 Å². The van der Waals surface area contributed by atoms with Crippen LogP contribution in [0.4, 0.5) is 11.4 Å². The van der Waals surface area contributed by atoms with Gasteiger partial charge in [-0.25, -0.2) is 0 Å². The molecule has 1 amide bonds. The fourth-order valence-electron chi connectivity index (χ4n) is 3.44. The lowest BCUT2D eigenvalue weighted by Crippen LogP contribution is -2.18. The first kappa shape index (κ1) is 15.2. The Hall–Kier alpha value is -1.22. The smallest absolute Gasteiger partial charge is 0.227 e. The van der Waals surface area contributed by atoms with Gasteiger partial charge in [-0.1, -0.05) is 44.2 Å². The highest BCUT2D eigenvalue weighted by atomic mass is 35.5. The van der Waals surface area contributed by atoms with Gasteiger partial charge in [0.05, 0.1) is 11.4 Å². The maximum absolute atomic E-state index is 12.2. The molecule has 0 aromatic heterocycles. The van der Waals surface area contributed by atoms with E-state index in [0.717, 1.165) is 18.0 Å². The van der Waals surface area contributed by atoms with E-state index in [0.29, 0.717) is 11.6 Å². The number of anilines is 2. The van der Waals surface area contributed by atoms with Crippen LogP contribution in [0.25, 0.3) is 0 Å². The van der Waals surface area contributed by atoms with Crippen molar-refractivity contribution in [2.24, 2.45) is 17.8 Å². The van der Waals surface area contributed by atoms with Crippen molar-refractivity contribution in [2.45, 2.75) is 38.5 Å². The van der Waals surface area contributed by atoms with Crippen molar-refractivity contribution in [3.63, 3.8) is 0 Å². The minimum Gasteiger partial charge on any atom is -0.397 e. The van der Waals surface area contributed by atoms with E-state index in [1.54, 1.807) is 0 Å². The molecule has 2 fully saturated rings. The van der Waals surface area contributed by atoms with Crippen LogP contribution in [0.1, 0.15) is 38.5 Å². The third kappa shape index (κ3) is 3.26. The molecule has 4 heteroatoms. The van der Waals surface area contributed by atoms with Gasteiger partial charge in [0.15, 0.2) is 0 Å². The van der Waals surface area contributed by atoms with Crippen LogP contribution in [-0.4, -0.2) is 5.91 Å². The Kier molecular flexibility index (Phi) is 4.92. The van der Waals surface area contributed by atoms with Gasteiger partial charge in [-0.05, 0) is 30.4 Å². The molecule has 3 nitrogen and oxygen atoms in total. The molecule has 3 N–H and O–H groups in total. The van der Waals surface area contributed by atoms with E-state index in [9.17, 15) is 4.79 Å². The quantitative estimate of drug-likeness (QED) is 0.832. The van der Waals surface area contributed by atoms with Crippen LogP contribution < -0.4 is 11.1 Å². The highest BCUT2D eigenvalue weighted by Crippen LogP contribution is 2.49. The lowest BCUT2D eigenvalue weighted by Gasteiger charge is -2.21. The van der Waals surface area contributed by atoms with E-state index in [1.807, 2.05) is 24.3 Å². The van der Waals surface area contributed by atoms with Crippen LogP contribution in [-0.2, 0) is 4.79 Å². The molecule has 0 spiro atoms. The van der Waals surface area contributed by atoms with Crippen LogP contribution in [0, 0.1) is 17.8 Å². The standard InChI is InChI=1S/C16H22N2O.ClH/c17-14-8-4-5-9-15(14)18-16(19)13-10-12(13)11-6-2-1-3-7-11;/h4-5,8-9,11-13H,1-3,6-7,10,17H2,(H,18,19);1H. The third-order valence-electron chi connectivity index (χ3n) is 4.65. The van der Waals surface area contributed by atoms with Crippen LogP contribution in [0.5, 0.6) is 0 Å². The molecule has 0 saturated heterocycles. The molecular weight excluding hydrogens is 272 g/mol. The van der Waals surface area contributed by atoms with Crippen molar-refractivity contribution >= 4 is 29.7 Å². The summed E-state index contributed by atoms with van der Waals surface area (Å²) in [6.45, 7) is 0. The van der Waals surface area contributed by atoms with Crippen LogP contribution >= 0.6 is 12.4 Å².